The number of nitrogens with two attached hydrogens (primary N) is 1. The first-order valence-corrected chi connectivity index (χ1v) is 5.89. The zero-order valence-electron chi connectivity index (χ0n) is 10.8. The van der Waals surface area contributed by atoms with Gasteiger partial charge in [0.15, 0.2) is 5.82 Å². The van der Waals surface area contributed by atoms with Crippen molar-refractivity contribution in [3.8, 4) is 0 Å². The Hall–Kier alpha value is -2.41. The predicted octanol–water partition coefficient (Wildman–Crippen LogP) is 1.40. The lowest BCUT2D eigenvalue weighted by Gasteiger charge is -2.07. The summed E-state index contributed by atoms with van der Waals surface area (Å²) in [6, 6.07) is 3.58. The summed E-state index contributed by atoms with van der Waals surface area (Å²) < 4.78 is 1.77. The highest BCUT2D eigenvalue weighted by atomic mass is 16.1. The molecule has 0 aliphatic heterocycles. The van der Waals surface area contributed by atoms with E-state index < -0.39 is 0 Å². The van der Waals surface area contributed by atoms with Gasteiger partial charge in [-0.2, -0.15) is 5.10 Å². The van der Waals surface area contributed by atoms with E-state index in [1.165, 1.54) is 12.4 Å². The number of nitrogens with zero attached hydrogens (tertiary/aromatic N) is 3. The summed E-state index contributed by atoms with van der Waals surface area (Å²) in [5, 5.41) is 6.96. The van der Waals surface area contributed by atoms with Gasteiger partial charge in [0.25, 0.3) is 5.91 Å². The Labute approximate surface area is 110 Å². The molecule has 0 saturated carbocycles. The lowest BCUT2D eigenvalue weighted by Crippen LogP contribution is -2.18. The Morgan fingerprint density at radius 1 is 1.42 bits per heavy atom. The highest BCUT2D eigenvalue weighted by Crippen LogP contribution is 2.15. The zero-order valence-corrected chi connectivity index (χ0v) is 10.8. The lowest BCUT2D eigenvalue weighted by atomic mass is 10.2. The zero-order chi connectivity index (χ0) is 13.8. The van der Waals surface area contributed by atoms with E-state index in [1.807, 2.05) is 20.0 Å². The molecule has 0 spiro atoms. The van der Waals surface area contributed by atoms with Crippen molar-refractivity contribution in [1.82, 2.24) is 14.8 Å². The smallest absolute Gasteiger partial charge is 0.259 e. The molecule has 0 radical (unpaired) electrons. The molecule has 1 amide bonds. The molecule has 7 nitrogen and oxygen atoms in total. The third kappa shape index (κ3) is 2.89. The Morgan fingerprint density at radius 3 is 2.84 bits per heavy atom. The van der Waals surface area contributed by atoms with Crippen LogP contribution in [0, 0.1) is 0 Å². The number of rotatable bonds is 4. The fraction of sp³-hybridized carbons (Fsp3) is 0.250. The Kier molecular flexibility index (Phi) is 3.76. The topological polar surface area (TPSA) is 97.9 Å². The van der Waals surface area contributed by atoms with Gasteiger partial charge in [-0.1, -0.05) is 0 Å². The second-order valence-corrected chi connectivity index (χ2v) is 4.29. The van der Waals surface area contributed by atoms with E-state index in [0.29, 0.717) is 17.1 Å². The van der Waals surface area contributed by atoms with Crippen LogP contribution in [0.1, 0.15) is 30.2 Å². The molecule has 2 aromatic heterocycles. The summed E-state index contributed by atoms with van der Waals surface area (Å²) in [6.07, 6.45) is 4.83. The number of hydrogen-bond acceptors (Lipinski definition) is 5. The van der Waals surface area contributed by atoms with E-state index in [4.69, 9.17) is 5.84 Å². The lowest BCUT2D eigenvalue weighted by molar-refractivity contribution is 0.102. The molecule has 2 heterocycles. The number of aromatic nitrogens is 3. The molecule has 0 atom stereocenters. The number of carbonyl (C=O) groups is 1. The van der Waals surface area contributed by atoms with E-state index in [1.54, 1.807) is 16.8 Å². The predicted molar refractivity (Wildman–Crippen MR) is 72.6 cm³/mol. The van der Waals surface area contributed by atoms with Gasteiger partial charge in [0.05, 0.1) is 17.4 Å². The van der Waals surface area contributed by atoms with Gasteiger partial charge in [-0.25, -0.2) is 0 Å². The van der Waals surface area contributed by atoms with E-state index >= 15 is 0 Å². The molecule has 2 aromatic rings. The fourth-order valence-corrected chi connectivity index (χ4v) is 1.58. The van der Waals surface area contributed by atoms with Crippen LogP contribution in [0.3, 0.4) is 0 Å². The monoisotopic (exact) mass is 260 g/mol. The van der Waals surface area contributed by atoms with Crippen LogP contribution in [0.5, 0.6) is 0 Å². The van der Waals surface area contributed by atoms with Crippen LogP contribution < -0.4 is 16.6 Å². The van der Waals surface area contributed by atoms with Gasteiger partial charge in [-0.15, -0.1) is 0 Å². The van der Waals surface area contributed by atoms with Crippen molar-refractivity contribution in [2.75, 3.05) is 10.7 Å². The van der Waals surface area contributed by atoms with E-state index in [9.17, 15) is 4.79 Å². The number of nitrogens with one attached hydrogen (secondary N) is 2. The average Bonchev–Trinajstić information content (AvgIpc) is 2.87. The average molecular weight is 260 g/mol. The molecule has 0 unspecified atom stereocenters. The molecular weight excluding hydrogens is 244 g/mol. The number of carbonyl (C=O) groups excluding carboxylic acids is 1. The number of hydrogen-bond donors (Lipinski definition) is 3. The number of anilines is 2. The van der Waals surface area contributed by atoms with Gasteiger partial charge in [-0.05, 0) is 19.9 Å². The van der Waals surface area contributed by atoms with Crippen molar-refractivity contribution < 1.29 is 4.79 Å². The summed E-state index contributed by atoms with van der Waals surface area (Å²) in [7, 11) is 0. The minimum absolute atomic E-state index is 0.243. The van der Waals surface area contributed by atoms with Crippen LogP contribution in [0.25, 0.3) is 0 Å². The molecule has 19 heavy (non-hydrogen) atoms. The van der Waals surface area contributed by atoms with Gasteiger partial charge < -0.3 is 10.7 Å². The van der Waals surface area contributed by atoms with Crippen molar-refractivity contribution in [3.63, 3.8) is 0 Å². The molecular formula is C12H16N6O. The van der Waals surface area contributed by atoms with Gasteiger partial charge in [0, 0.05) is 24.5 Å². The Morgan fingerprint density at radius 2 is 2.21 bits per heavy atom. The van der Waals surface area contributed by atoms with Gasteiger partial charge >= 0.3 is 0 Å². The van der Waals surface area contributed by atoms with Crippen molar-refractivity contribution in [3.05, 3.63) is 36.3 Å². The highest BCUT2D eigenvalue weighted by molar-refractivity contribution is 6.07. The first kappa shape index (κ1) is 13.0. The summed E-state index contributed by atoms with van der Waals surface area (Å²) >= 11 is 0. The van der Waals surface area contributed by atoms with Crippen LogP contribution in [0.15, 0.2) is 30.7 Å². The maximum absolute atomic E-state index is 12.1. The molecule has 0 fully saturated rings. The first-order valence-electron chi connectivity index (χ1n) is 5.89. The SMILES string of the molecule is CC(C)n1ccc(NC(=O)c2ccncc2NN)n1. The molecule has 100 valence electrons. The minimum Gasteiger partial charge on any atom is -0.322 e. The van der Waals surface area contributed by atoms with Crippen LogP contribution >= 0.6 is 0 Å². The molecule has 4 N–H and O–H groups in total. The Bertz CT molecular complexity index is 577. The normalized spacial score (nSPS) is 10.5. The summed E-state index contributed by atoms with van der Waals surface area (Å²) in [6.45, 7) is 4.02. The number of nitrogen functional groups attached to an aromatic ring is 1. The minimum atomic E-state index is -0.288. The second-order valence-electron chi connectivity index (χ2n) is 4.29. The van der Waals surface area contributed by atoms with Crippen LogP contribution in [0.2, 0.25) is 0 Å². The molecule has 7 heteroatoms. The summed E-state index contributed by atoms with van der Waals surface area (Å²) in [4.78, 5) is 16.0. The van der Waals surface area contributed by atoms with E-state index in [0.717, 1.165) is 0 Å². The standard InChI is InChI=1S/C12H16N6O/c1-8(2)18-6-4-11(17-18)15-12(19)9-3-5-14-7-10(9)16-13/h3-8,16H,13H2,1-2H3,(H,15,17,19). The largest absolute Gasteiger partial charge is 0.322 e. The molecule has 0 bridgehead atoms. The highest BCUT2D eigenvalue weighted by Gasteiger charge is 2.12. The molecule has 0 saturated heterocycles. The van der Waals surface area contributed by atoms with Gasteiger partial charge in [0.2, 0.25) is 0 Å². The quantitative estimate of drug-likeness (QED) is 0.570. The van der Waals surface area contributed by atoms with Crippen LogP contribution in [0.4, 0.5) is 11.5 Å². The number of pyridine rings is 1. The second kappa shape index (κ2) is 5.49. The van der Waals surface area contributed by atoms with Crippen molar-refractivity contribution in [2.24, 2.45) is 5.84 Å². The fourth-order valence-electron chi connectivity index (χ4n) is 1.58. The van der Waals surface area contributed by atoms with Crippen molar-refractivity contribution in [1.29, 1.82) is 0 Å². The maximum atomic E-state index is 12.1. The van der Waals surface area contributed by atoms with Gasteiger partial charge in [-0.3, -0.25) is 20.3 Å². The molecule has 0 aromatic carbocycles. The Balaban J connectivity index is 2.16. The van der Waals surface area contributed by atoms with Gasteiger partial charge in [0.1, 0.15) is 0 Å². The van der Waals surface area contributed by atoms with Crippen molar-refractivity contribution in [2.45, 2.75) is 19.9 Å². The molecule has 0 aliphatic carbocycles. The number of hydrazine groups is 1. The third-order valence-corrected chi connectivity index (χ3v) is 2.60. The molecule has 0 aliphatic rings. The number of amides is 1. The summed E-state index contributed by atoms with van der Waals surface area (Å²) in [5.41, 5.74) is 3.31. The third-order valence-electron chi connectivity index (χ3n) is 2.60. The van der Waals surface area contributed by atoms with E-state index in [2.05, 4.69) is 20.8 Å². The first-order chi connectivity index (χ1) is 9.11. The summed E-state index contributed by atoms with van der Waals surface area (Å²) in [5.74, 6) is 5.55. The van der Waals surface area contributed by atoms with Crippen molar-refractivity contribution >= 4 is 17.4 Å². The van der Waals surface area contributed by atoms with Crippen LogP contribution in [-0.2, 0) is 0 Å². The maximum Gasteiger partial charge on any atom is 0.259 e. The molecule has 2 rings (SSSR count). The van der Waals surface area contributed by atoms with Crippen LogP contribution in [-0.4, -0.2) is 20.7 Å². The van der Waals surface area contributed by atoms with E-state index in [-0.39, 0.29) is 11.9 Å².